The summed E-state index contributed by atoms with van der Waals surface area (Å²) in [5.74, 6) is -0.817. The average Bonchev–Trinajstić information content (AvgIpc) is 3.07. The molecular weight excluding hydrogens is 236 g/mol. The molecule has 1 saturated carbocycles. The van der Waals surface area contributed by atoms with Crippen LogP contribution in [-0.4, -0.2) is 29.6 Å². The van der Waals surface area contributed by atoms with Crippen molar-refractivity contribution in [3.8, 4) is 0 Å². The minimum Gasteiger partial charge on any atom is -0.475 e. The Morgan fingerprint density at radius 3 is 2.78 bits per heavy atom. The van der Waals surface area contributed by atoms with Gasteiger partial charge in [0.25, 0.3) is 0 Å². The number of carboxylic acids is 1. The van der Waals surface area contributed by atoms with E-state index in [1.807, 2.05) is 0 Å². The number of nitrogens with zero attached hydrogens (tertiary/aromatic N) is 1. The smallest absolute Gasteiger partial charge is 0.374 e. The third-order valence-electron chi connectivity index (χ3n) is 3.54. The topological polar surface area (TPSA) is 82.8 Å². The number of rotatable bonds is 2. The summed E-state index contributed by atoms with van der Waals surface area (Å²) >= 11 is 0. The fraction of sp³-hybridized carbons (Fsp3) is 0.500. The van der Waals surface area contributed by atoms with E-state index in [9.17, 15) is 9.59 Å². The van der Waals surface area contributed by atoms with Crippen LogP contribution in [0, 0.1) is 5.92 Å². The van der Waals surface area contributed by atoms with Gasteiger partial charge in [-0.3, -0.25) is 4.79 Å². The number of amides is 1. The van der Waals surface area contributed by atoms with Crippen molar-refractivity contribution in [2.75, 3.05) is 16.8 Å². The second kappa shape index (κ2) is 3.76. The molecule has 0 aromatic carbocycles. The molecular formula is C12H14N2O4. The third kappa shape index (κ3) is 1.64. The molecule has 18 heavy (non-hydrogen) atoms. The highest BCUT2D eigenvalue weighted by Gasteiger charge is 2.39. The van der Waals surface area contributed by atoms with Gasteiger partial charge in [-0.25, -0.2) is 4.79 Å². The quantitative estimate of drug-likeness (QED) is 0.831. The van der Waals surface area contributed by atoms with Crippen molar-refractivity contribution in [2.45, 2.75) is 25.8 Å². The van der Waals surface area contributed by atoms with Crippen molar-refractivity contribution in [2.24, 2.45) is 5.92 Å². The van der Waals surface area contributed by atoms with Crippen LogP contribution in [-0.2, 0) is 4.79 Å². The van der Waals surface area contributed by atoms with Gasteiger partial charge in [0.05, 0.1) is 0 Å². The maximum atomic E-state index is 11.6. The molecule has 0 spiro atoms. The maximum absolute atomic E-state index is 11.6. The van der Waals surface area contributed by atoms with Crippen molar-refractivity contribution < 1.29 is 19.1 Å². The fourth-order valence-corrected chi connectivity index (χ4v) is 2.43. The molecule has 6 nitrogen and oxygen atoms in total. The van der Waals surface area contributed by atoms with E-state index in [0.29, 0.717) is 23.8 Å². The van der Waals surface area contributed by atoms with Crippen LogP contribution in [0.15, 0.2) is 10.7 Å². The lowest BCUT2D eigenvalue weighted by Gasteiger charge is -2.33. The first-order chi connectivity index (χ1) is 8.58. The molecule has 3 rings (SSSR count). The lowest BCUT2D eigenvalue weighted by Crippen LogP contribution is -2.44. The molecule has 1 amide bonds. The van der Waals surface area contributed by atoms with Crippen molar-refractivity contribution in [1.29, 1.82) is 0 Å². The van der Waals surface area contributed by atoms with Gasteiger partial charge in [-0.1, -0.05) is 0 Å². The normalized spacial score (nSPS) is 22.3. The Bertz CT molecular complexity index is 518. The van der Waals surface area contributed by atoms with Crippen molar-refractivity contribution in [3.05, 3.63) is 12.0 Å². The number of fused-ring (bicyclic) bond motifs is 1. The Morgan fingerprint density at radius 2 is 2.22 bits per heavy atom. The van der Waals surface area contributed by atoms with Gasteiger partial charge in [0.1, 0.15) is 17.6 Å². The highest BCUT2D eigenvalue weighted by Crippen LogP contribution is 2.42. The van der Waals surface area contributed by atoms with Gasteiger partial charge in [0.15, 0.2) is 0 Å². The Morgan fingerprint density at radius 1 is 1.50 bits per heavy atom. The van der Waals surface area contributed by atoms with Gasteiger partial charge < -0.3 is 19.7 Å². The van der Waals surface area contributed by atoms with Crippen molar-refractivity contribution >= 4 is 23.3 Å². The van der Waals surface area contributed by atoms with E-state index in [1.165, 1.54) is 13.2 Å². The van der Waals surface area contributed by atoms with Gasteiger partial charge in [0.2, 0.25) is 11.7 Å². The number of hydrogen-bond donors (Lipinski definition) is 2. The summed E-state index contributed by atoms with van der Waals surface area (Å²) in [5, 5.41) is 12.3. The van der Waals surface area contributed by atoms with Crippen molar-refractivity contribution in [1.82, 2.24) is 0 Å². The summed E-state index contributed by atoms with van der Waals surface area (Å²) in [7, 11) is 0. The summed E-state index contributed by atoms with van der Waals surface area (Å²) in [6, 6.07) is 0.122. The Labute approximate surface area is 104 Å². The van der Waals surface area contributed by atoms with Gasteiger partial charge in [-0.15, -0.1) is 0 Å². The van der Waals surface area contributed by atoms with E-state index in [-0.39, 0.29) is 17.7 Å². The maximum Gasteiger partial charge on any atom is 0.374 e. The lowest BCUT2D eigenvalue weighted by atomic mass is 10.1. The highest BCUT2D eigenvalue weighted by atomic mass is 16.4. The van der Waals surface area contributed by atoms with Gasteiger partial charge in [0, 0.05) is 19.5 Å². The fourth-order valence-electron chi connectivity index (χ4n) is 2.43. The molecule has 96 valence electrons. The van der Waals surface area contributed by atoms with Gasteiger partial charge in [-0.2, -0.15) is 0 Å². The molecule has 1 aromatic rings. The predicted molar refractivity (Wildman–Crippen MR) is 63.8 cm³/mol. The first-order valence-corrected chi connectivity index (χ1v) is 5.97. The molecule has 2 N–H and O–H groups in total. The van der Waals surface area contributed by atoms with Crippen LogP contribution in [0.25, 0.3) is 0 Å². The summed E-state index contributed by atoms with van der Waals surface area (Å²) < 4.78 is 5.05. The molecule has 1 atom stereocenters. The van der Waals surface area contributed by atoms with Crippen LogP contribution in [0.2, 0.25) is 0 Å². The van der Waals surface area contributed by atoms with Crippen molar-refractivity contribution in [3.63, 3.8) is 0 Å². The Hall–Kier alpha value is -1.98. The standard InChI is InChI=1S/C12H14N2O4/c1-6(15)14-4-8(7-2-3-7)13-10-9(14)5-18-11(10)12(16)17/h5,7-8,13H,2-4H2,1H3,(H,16,17). The number of aromatic carboxylic acids is 1. The average molecular weight is 250 g/mol. The van der Waals surface area contributed by atoms with Crippen LogP contribution in [0.1, 0.15) is 30.3 Å². The van der Waals surface area contributed by atoms with E-state index in [4.69, 9.17) is 9.52 Å². The van der Waals surface area contributed by atoms with Crippen LogP contribution < -0.4 is 10.2 Å². The molecule has 1 fully saturated rings. The monoisotopic (exact) mass is 250 g/mol. The summed E-state index contributed by atoms with van der Waals surface area (Å²) in [4.78, 5) is 24.3. The lowest BCUT2D eigenvalue weighted by molar-refractivity contribution is -0.116. The minimum absolute atomic E-state index is 0.0962. The first-order valence-electron chi connectivity index (χ1n) is 5.97. The van der Waals surface area contributed by atoms with Crippen LogP contribution in [0.5, 0.6) is 0 Å². The zero-order valence-corrected chi connectivity index (χ0v) is 9.97. The molecule has 1 aromatic heterocycles. The molecule has 6 heteroatoms. The summed E-state index contributed by atoms with van der Waals surface area (Å²) in [6.07, 6.45) is 3.58. The van der Waals surface area contributed by atoms with Crippen LogP contribution in [0.4, 0.5) is 11.4 Å². The number of carbonyl (C=O) groups excluding carboxylic acids is 1. The summed E-state index contributed by atoms with van der Waals surface area (Å²) in [6.45, 7) is 2.05. The second-order valence-electron chi connectivity index (χ2n) is 4.85. The van der Waals surface area contributed by atoms with Crippen LogP contribution in [0.3, 0.4) is 0 Å². The minimum atomic E-state index is -1.12. The van der Waals surface area contributed by atoms with E-state index in [2.05, 4.69) is 5.32 Å². The zero-order chi connectivity index (χ0) is 12.9. The Balaban J connectivity index is 2.01. The number of carboxylic acid groups (broad SMARTS) is 1. The molecule has 0 bridgehead atoms. The van der Waals surface area contributed by atoms with Gasteiger partial charge >= 0.3 is 5.97 Å². The first kappa shape index (κ1) is 11.1. The number of furan rings is 1. The number of carbonyl (C=O) groups is 2. The Kier molecular flexibility index (Phi) is 2.33. The highest BCUT2D eigenvalue weighted by molar-refractivity contribution is 6.02. The zero-order valence-electron chi connectivity index (χ0n) is 9.97. The van der Waals surface area contributed by atoms with Crippen LogP contribution >= 0.6 is 0 Å². The molecule has 1 unspecified atom stereocenters. The SMILES string of the molecule is CC(=O)N1CC(C2CC2)Nc2c1coc2C(=O)O. The van der Waals surface area contributed by atoms with E-state index >= 15 is 0 Å². The molecule has 2 aliphatic rings. The molecule has 2 heterocycles. The largest absolute Gasteiger partial charge is 0.475 e. The summed E-state index contributed by atoms with van der Waals surface area (Å²) in [5.41, 5.74) is 0.956. The van der Waals surface area contributed by atoms with E-state index < -0.39 is 5.97 Å². The molecule has 0 saturated heterocycles. The molecule has 1 aliphatic heterocycles. The van der Waals surface area contributed by atoms with E-state index in [1.54, 1.807) is 4.90 Å². The van der Waals surface area contributed by atoms with E-state index in [0.717, 1.165) is 12.8 Å². The van der Waals surface area contributed by atoms with Gasteiger partial charge in [-0.05, 0) is 18.8 Å². The number of hydrogen-bond acceptors (Lipinski definition) is 4. The molecule has 1 aliphatic carbocycles. The molecule has 0 radical (unpaired) electrons. The number of nitrogens with one attached hydrogen (secondary N) is 1. The second-order valence-corrected chi connectivity index (χ2v) is 4.85. The third-order valence-corrected chi connectivity index (χ3v) is 3.54. The predicted octanol–water partition coefficient (Wildman–Crippen LogP) is 1.53. The number of anilines is 2.